The van der Waals surface area contributed by atoms with Gasteiger partial charge in [-0.25, -0.2) is 9.93 Å². The molecule has 0 fully saturated rings. The monoisotopic (exact) mass is 186 g/mol. The summed E-state index contributed by atoms with van der Waals surface area (Å²) in [5.74, 6) is 0. The van der Waals surface area contributed by atoms with Crippen molar-refractivity contribution in [3.8, 4) is 0 Å². The molecule has 0 saturated heterocycles. The minimum Gasteiger partial charge on any atom is -0.788 e. The Kier molecular flexibility index (Phi) is 11.2. The molecule has 0 aromatic heterocycles. The molecule has 0 spiro atoms. The molecule has 0 aromatic carbocycles. The van der Waals surface area contributed by atoms with Crippen molar-refractivity contribution >= 4 is 7.82 Å². The van der Waals surface area contributed by atoms with Crippen LogP contribution in [-0.4, -0.2) is 5.26 Å². The van der Waals surface area contributed by atoms with Gasteiger partial charge in [0.1, 0.15) is 0 Å². The molecule has 0 aromatic rings. The van der Waals surface area contributed by atoms with E-state index < -0.39 is 7.82 Å². The first-order valence-corrected chi connectivity index (χ1v) is 2.37. The maximum atomic E-state index is 9.00. The first-order chi connectivity index (χ1) is 2.56. The van der Waals surface area contributed by atoms with Crippen LogP contribution in [0.4, 0.5) is 0 Å². The summed E-state index contributed by atoms with van der Waals surface area (Å²) in [6.45, 7) is 0. The van der Waals surface area contributed by atoms with Crippen molar-refractivity contribution in [2.45, 2.75) is 0 Å². The summed E-state index contributed by atoms with van der Waals surface area (Å²) in [6, 6.07) is 0. The molecule has 0 saturated carbocycles. The first kappa shape index (κ1) is 15.8. The summed E-state index contributed by atoms with van der Waals surface area (Å²) in [4.78, 5) is 18.0. The van der Waals surface area contributed by atoms with Crippen molar-refractivity contribution in [1.82, 2.24) is 6.15 Å². The topological polar surface area (TPSA) is 129 Å². The van der Waals surface area contributed by atoms with E-state index in [0.29, 0.717) is 0 Å². The van der Waals surface area contributed by atoms with Crippen molar-refractivity contribution in [2.75, 3.05) is 0 Å². The summed E-state index contributed by atoms with van der Waals surface area (Å²) in [7, 11) is -5.09. The predicted octanol–water partition coefficient (Wildman–Crippen LogP) is -1.32. The van der Waals surface area contributed by atoms with Crippen molar-refractivity contribution in [1.29, 1.82) is 0 Å². The van der Waals surface area contributed by atoms with Crippen LogP contribution in [-0.2, 0) is 26.3 Å². The molecule has 0 heterocycles. The third-order valence-corrected chi connectivity index (χ3v) is 0.300. The zero-order valence-corrected chi connectivity index (χ0v) is 5.88. The number of phosphoric acid groups is 1. The number of quaternary nitrogens is 1. The normalized spacial score (nSPS) is 8.88. The third-order valence-electron chi connectivity index (χ3n) is 0.100. The molecule has 0 rings (SSSR count). The first-order valence-electron chi connectivity index (χ1n) is 0.913. The van der Waals surface area contributed by atoms with Crippen LogP contribution < -0.4 is 15.9 Å². The van der Waals surface area contributed by atoms with Gasteiger partial charge in [0.15, 0.2) is 0 Å². The number of hydrogen-bond donors (Lipinski definition) is 2. The van der Waals surface area contributed by atoms with E-state index >= 15 is 0 Å². The number of rotatable bonds is 1. The van der Waals surface area contributed by atoms with E-state index in [-0.39, 0.29) is 23.2 Å². The maximum Gasteiger partial charge on any atom is 0.0998 e. The quantitative estimate of drug-likeness (QED) is 0.227. The second kappa shape index (κ2) is 5.68. The Hall–Kier alpha value is 0.549. The van der Waals surface area contributed by atoms with Crippen LogP contribution in [0.3, 0.4) is 0 Å². The Morgan fingerprint density at radius 1 is 1.50 bits per heavy atom. The summed E-state index contributed by atoms with van der Waals surface area (Å²) < 4.78 is 11.4. The van der Waals surface area contributed by atoms with Gasteiger partial charge < -0.3 is 20.5 Å². The second-order valence-electron chi connectivity index (χ2n) is 0.529. The molecule has 8 heteroatoms. The van der Waals surface area contributed by atoms with Crippen LogP contribution in [0.5, 0.6) is 0 Å². The van der Waals surface area contributed by atoms with Crippen LogP contribution in [0.2, 0.25) is 0 Å². The van der Waals surface area contributed by atoms with Gasteiger partial charge in [-0.1, -0.05) is 0 Å². The third kappa shape index (κ3) is 16.0. The van der Waals surface area contributed by atoms with Gasteiger partial charge in [-0.3, -0.25) is 0 Å². The maximum absolute atomic E-state index is 9.00. The van der Waals surface area contributed by atoms with Gasteiger partial charge in [0.25, 0.3) is 0 Å². The van der Waals surface area contributed by atoms with E-state index in [9.17, 15) is 0 Å². The Morgan fingerprint density at radius 3 is 1.62 bits per heavy atom. The average molecular weight is 186 g/mol. The molecular formula is H5FeNO5P-. The van der Waals surface area contributed by atoms with E-state index in [2.05, 4.69) is 4.67 Å². The molecule has 0 bridgehead atoms. The van der Waals surface area contributed by atoms with Crippen LogP contribution in [0, 0.1) is 0 Å². The van der Waals surface area contributed by atoms with Gasteiger partial charge in [-0.05, 0) is 0 Å². The summed E-state index contributed by atoms with van der Waals surface area (Å²) in [5.41, 5.74) is 0. The Balaban J connectivity index is -0.000000125. The van der Waals surface area contributed by atoms with Crippen LogP contribution in [0.25, 0.3) is 0 Å². The smallest absolute Gasteiger partial charge is 0.0998 e. The summed E-state index contributed by atoms with van der Waals surface area (Å²) >= 11 is 0. The molecule has 0 aliphatic carbocycles. The molecule has 0 unspecified atom stereocenters. The van der Waals surface area contributed by atoms with Crippen molar-refractivity contribution < 1.29 is 41.4 Å². The largest absolute Gasteiger partial charge is 0.788 e. The molecule has 54 valence electrons. The fourth-order valence-corrected chi connectivity index (χ4v) is 0. The van der Waals surface area contributed by atoms with E-state index in [1.54, 1.807) is 0 Å². The average Bonchev–Trinajstić information content (AvgIpc) is 1.35. The van der Waals surface area contributed by atoms with Gasteiger partial charge in [0.2, 0.25) is 0 Å². The van der Waals surface area contributed by atoms with Gasteiger partial charge >= 0.3 is 0 Å². The summed E-state index contributed by atoms with van der Waals surface area (Å²) in [5, 5.41) is 7.01. The van der Waals surface area contributed by atoms with Crippen molar-refractivity contribution in [3.05, 3.63) is 0 Å². The van der Waals surface area contributed by atoms with Gasteiger partial charge in [0, 0.05) is 17.1 Å². The zero-order valence-electron chi connectivity index (χ0n) is 3.88. The molecule has 0 amide bonds. The van der Waals surface area contributed by atoms with E-state index in [4.69, 9.17) is 19.6 Å². The van der Waals surface area contributed by atoms with Gasteiger partial charge in [-0.2, -0.15) is 0 Å². The Labute approximate surface area is 56.1 Å². The predicted molar refractivity (Wildman–Crippen MR) is 17.3 cm³/mol. The van der Waals surface area contributed by atoms with Gasteiger partial charge in [0.05, 0.1) is 7.82 Å². The molecule has 0 radical (unpaired) electrons. The van der Waals surface area contributed by atoms with E-state index in [0.717, 1.165) is 0 Å². The van der Waals surface area contributed by atoms with E-state index in [1.807, 2.05) is 0 Å². The van der Waals surface area contributed by atoms with Gasteiger partial charge in [-0.15, -0.1) is 0 Å². The van der Waals surface area contributed by atoms with Crippen molar-refractivity contribution in [2.24, 2.45) is 0 Å². The minimum atomic E-state index is -5.09. The molecule has 0 atom stereocenters. The Morgan fingerprint density at radius 2 is 1.62 bits per heavy atom. The second-order valence-corrected chi connectivity index (χ2v) is 1.59. The number of hydrogen-bond acceptors (Lipinski definition) is 5. The van der Waals surface area contributed by atoms with Crippen LogP contribution in [0.1, 0.15) is 0 Å². The van der Waals surface area contributed by atoms with Crippen LogP contribution >= 0.6 is 7.82 Å². The van der Waals surface area contributed by atoms with Crippen LogP contribution in [0.15, 0.2) is 0 Å². The van der Waals surface area contributed by atoms with E-state index in [1.165, 1.54) is 0 Å². The fourth-order valence-electron chi connectivity index (χ4n) is 0. The standard InChI is InChI=1S/Fe.H3N.H3O5P/c;;1-5-6(2,3)4/h;1H3;1H,(H2,2,3,4)/p-1. The fraction of sp³-hybridized carbons (Fsp3) is 0. The molecule has 0 aliphatic heterocycles. The summed E-state index contributed by atoms with van der Waals surface area (Å²) in [6.07, 6.45) is 0. The molecular weight excluding hydrogens is 181 g/mol. The minimum absolute atomic E-state index is 0. The molecule has 8 heavy (non-hydrogen) atoms. The molecule has 5 N–H and O–H groups in total. The molecule has 0 aliphatic rings. The molecule has 6 nitrogen and oxygen atoms in total. The zero-order chi connectivity index (χ0) is 5.21. The Bertz CT molecular complexity index is 76.5. The SMILES string of the molecule is O=P([O-])([O-])OO.[Fe].[NH4+]. The van der Waals surface area contributed by atoms with Crippen molar-refractivity contribution in [3.63, 3.8) is 0 Å².